The number of halogens is 1. The van der Waals surface area contributed by atoms with E-state index in [1.165, 1.54) is 12.1 Å². The molecule has 1 atom stereocenters. The highest BCUT2D eigenvalue weighted by atomic mass is 19.1. The number of carbonyl (C=O) groups excluding carboxylic acids is 1. The molecule has 1 aromatic heterocycles. The molecule has 136 valence electrons. The molecule has 0 bridgehead atoms. The lowest BCUT2D eigenvalue weighted by Gasteiger charge is -2.26. The standard InChI is InChI=1S/C21H19FN4O/c22-16-10-8-14(9-11-16)17-13-24-21(23)25-19(17)18-7-4-12-26(18)20(27)15-5-2-1-3-6-15/h1-3,5-6,8-11,13,18H,4,7,12H2,(H2,23,24,25)/t18-/m0/s1. The van der Waals surface area contributed by atoms with Gasteiger partial charge < -0.3 is 10.6 Å². The van der Waals surface area contributed by atoms with E-state index in [-0.39, 0.29) is 23.7 Å². The maximum absolute atomic E-state index is 13.3. The van der Waals surface area contributed by atoms with Crippen molar-refractivity contribution in [2.24, 2.45) is 0 Å². The fraction of sp³-hybridized carbons (Fsp3) is 0.190. The highest BCUT2D eigenvalue weighted by Crippen LogP contribution is 2.37. The van der Waals surface area contributed by atoms with Crippen molar-refractivity contribution in [3.05, 3.63) is 77.9 Å². The summed E-state index contributed by atoms with van der Waals surface area (Å²) in [5.41, 5.74) is 8.76. The lowest BCUT2D eigenvalue weighted by atomic mass is 9.99. The first-order chi connectivity index (χ1) is 13.1. The van der Waals surface area contributed by atoms with Gasteiger partial charge in [0, 0.05) is 23.9 Å². The molecule has 27 heavy (non-hydrogen) atoms. The number of nitrogens with two attached hydrogens (primary N) is 1. The summed E-state index contributed by atoms with van der Waals surface area (Å²) in [6, 6.07) is 15.2. The smallest absolute Gasteiger partial charge is 0.254 e. The Labute approximate surface area is 156 Å². The first kappa shape index (κ1) is 17.1. The summed E-state index contributed by atoms with van der Waals surface area (Å²) >= 11 is 0. The third-order valence-corrected chi connectivity index (χ3v) is 4.84. The van der Waals surface area contributed by atoms with Crippen LogP contribution in [-0.2, 0) is 0 Å². The molecule has 5 nitrogen and oxygen atoms in total. The number of nitrogen functional groups attached to an aromatic ring is 1. The summed E-state index contributed by atoms with van der Waals surface area (Å²) < 4.78 is 13.3. The van der Waals surface area contributed by atoms with Crippen LogP contribution in [0.15, 0.2) is 60.8 Å². The molecule has 0 unspecified atom stereocenters. The molecule has 1 amide bonds. The van der Waals surface area contributed by atoms with Gasteiger partial charge in [-0.3, -0.25) is 4.79 Å². The summed E-state index contributed by atoms with van der Waals surface area (Å²) in [6.45, 7) is 0.658. The number of likely N-dealkylation sites (tertiary alicyclic amines) is 1. The van der Waals surface area contributed by atoms with Gasteiger partial charge in [-0.2, -0.15) is 0 Å². The Kier molecular flexibility index (Phi) is 4.54. The SMILES string of the molecule is Nc1ncc(-c2ccc(F)cc2)c([C@@H]2CCCN2C(=O)c2ccccc2)n1. The second-order valence-electron chi connectivity index (χ2n) is 6.56. The Morgan fingerprint density at radius 2 is 1.85 bits per heavy atom. The van der Waals surface area contributed by atoms with Crippen molar-refractivity contribution in [2.45, 2.75) is 18.9 Å². The molecular formula is C21H19FN4O. The van der Waals surface area contributed by atoms with Crippen molar-refractivity contribution < 1.29 is 9.18 Å². The molecule has 2 aromatic carbocycles. The molecule has 0 saturated carbocycles. The van der Waals surface area contributed by atoms with Crippen molar-refractivity contribution in [1.82, 2.24) is 14.9 Å². The topological polar surface area (TPSA) is 72.1 Å². The summed E-state index contributed by atoms with van der Waals surface area (Å²) in [6.07, 6.45) is 3.33. The number of rotatable bonds is 3. The van der Waals surface area contributed by atoms with E-state index in [4.69, 9.17) is 5.73 Å². The van der Waals surface area contributed by atoms with Gasteiger partial charge in [0.2, 0.25) is 5.95 Å². The minimum atomic E-state index is -0.307. The van der Waals surface area contributed by atoms with E-state index in [9.17, 15) is 9.18 Å². The monoisotopic (exact) mass is 362 g/mol. The van der Waals surface area contributed by atoms with E-state index >= 15 is 0 Å². The van der Waals surface area contributed by atoms with Crippen molar-refractivity contribution in [3.63, 3.8) is 0 Å². The van der Waals surface area contributed by atoms with Crippen LogP contribution in [0.4, 0.5) is 10.3 Å². The predicted molar refractivity (Wildman–Crippen MR) is 101 cm³/mol. The third-order valence-electron chi connectivity index (χ3n) is 4.84. The number of benzene rings is 2. The first-order valence-corrected chi connectivity index (χ1v) is 8.88. The van der Waals surface area contributed by atoms with Gasteiger partial charge in [0.15, 0.2) is 0 Å². The summed E-state index contributed by atoms with van der Waals surface area (Å²) in [5.74, 6) is -0.173. The fourth-order valence-corrected chi connectivity index (χ4v) is 3.56. The van der Waals surface area contributed by atoms with Crippen molar-refractivity contribution >= 4 is 11.9 Å². The Bertz CT molecular complexity index is 960. The van der Waals surface area contributed by atoms with Gasteiger partial charge in [-0.25, -0.2) is 14.4 Å². The zero-order valence-corrected chi connectivity index (χ0v) is 14.7. The van der Waals surface area contributed by atoms with Gasteiger partial charge in [0.1, 0.15) is 5.82 Å². The van der Waals surface area contributed by atoms with Crippen LogP contribution in [0.5, 0.6) is 0 Å². The fourth-order valence-electron chi connectivity index (χ4n) is 3.56. The maximum atomic E-state index is 13.3. The molecular weight excluding hydrogens is 343 g/mol. The summed E-state index contributed by atoms with van der Waals surface area (Å²) in [7, 11) is 0. The highest BCUT2D eigenvalue weighted by molar-refractivity contribution is 5.94. The third kappa shape index (κ3) is 3.38. The second-order valence-corrected chi connectivity index (χ2v) is 6.56. The molecule has 2 heterocycles. The van der Waals surface area contributed by atoms with Gasteiger partial charge >= 0.3 is 0 Å². The number of aromatic nitrogens is 2. The van der Waals surface area contributed by atoms with Crippen molar-refractivity contribution in [1.29, 1.82) is 0 Å². The van der Waals surface area contributed by atoms with Gasteiger partial charge in [-0.15, -0.1) is 0 Å². The largest absolute Gasteiger partial charge is 0.368 e. The first-order valence-electron chi connectivity index (χ1n) is 8.88. The highest BCUT2D eigenvalue weighted by Gasteiger charge is 2.33. The van der Waals surface area contributed by atoms with Crippen molar-refractivity contribution in [3.8, 4) is 11.1 Å². The molecule has 3 aromatic rings. The maximum Gasteiger partial charge on any atom is 0.254 e. The molecule has 1 fully saturated rings. The van der Waals surface area contributed by atoms with Crippen LogP contribution in [0.2, 0.25) is 0 Å². The van der Waals surface area contributed by atoms with Gasteiger partial charge in [0.05, 0.1) is 11.7 Å². The summed E-state index contributed by atoms with van der Waals surface area (Å²) in [4.78, 5) is 23.4. The van der Waals surface area contributed by atoms with E-state index < -0.39 is 0 Å². The Morgan fingerprint density at radius 3 is 2.59 bits per heavy atom. The van der Waals surface area contributed by atoms with Crippen LogP contribution in [0, 0.1) is 5.82 Å². The normalized spacial score (nSPS) is 16.5. The molecule has 2 N–H and O–H groups in total. The van der Waals surface area contributed by atoms with Crippen LogP contribution < -0.4 is 5.73 Å². The predicted octanol–water partition coefficient (Wildman–Crippen LogP) is 3.84. The molecule has 1 saturated heterocycles. The quantitative estimate of drug-likeness (QED) is 0.768. The van der Waals surface area contributed by atoms with Crippen molar-refractivity contribution in [2.75, 3.05) is 12.3 Å². The van der Waals surface area contributed by atoms with Gasteiger partial charge in [-0.1, -0.05) is 30.3 Å². The Morgan fingerprint density at radius 1 is 1.11 bits per heavy atom. The Hall–Kier alpha value is -3.28. The van der Waals surface area contributed by atoms with Crippen LogP contribution in [-0.4, -0.2) is 27.3 Å². The zero-order chi connectivity index (χ0) is 18.8. The average Bonchev–Trinajstić information content (AvgIpc) is 3.18. The molecule has 0 aliphatic carbocycles. The molecule has 6 heteroatoms. The molecule has 0 spiro atoms. The lowest BCUT2D eigenvalue weighted by Crippen LogP contribution is -2.31. The van der Waals surface area contributed by atoms with E-state index in [0.717, 1.165) is 24.0 Å². The Balaban J connectivity index is 1.74. The minimum absolute atomic E-state index is 0.0275. The molecule has 1 aliphatic rings. The number of anilines is 1. The van der Waals surface area contributed by atoms with Crippen LogP contribution in [0.25, 0.3) is 11.1 Å². The van der Waals surface area contributed by atoms with E-state index in [1.807, 2.05) is 35.2 Å². The lowest BCUT2D eigenvalue weighted by molar-refractivity contribution is 0.0733. The van der Waals surface area contributed by atoms with Crippen LogP contribution in [0.3, 0.4) is 0 Å². The molecule has 0 radical (unpaired) electrons. The van der Waals surface area contributed by atoms with Crippen LogP contribution >= 0.6 is 0 Å². The number of hydrogen-bond donors (Lipinski definition) is 1. The van der Waals surface area contributed by atoms with E-state index in [0.29, 0.717) is 17.8 Å². The van der Waals surface area contributed by atoms with Crippen LogP contribution in [0.1, 0.15) is 34.9 Å². The molecule has 4 rings (SSSR count). The van der Waals surface area contributed by atoms with Gasteiger partial charge in [0.25, 0.3) is 5.91 Å². The van der Waals surface area contributed by atoms with E-state index in [2.05, 4.69) is 9.97 Å². The van der Waals surface area contributed by atoms with E-state index in [1.54, 1.807) is 18.3 Å². The second kappa shape index (κ2) is 7.15. The summed E-state index contributed by atoms with van der Waals surface area (Å²) in [5, 5.41) is 0. The number of hydrogen-bond acceptors (Lipinski definition) is 4. The number of amides is 1. The van der Waals surface area contributed by atoms with Gasteiger partial charge in [-0.05, 0) is 42.7 Å². The number of nitrogens with zero attached hydrogens (tertiary/aromatic N) is 3. The zero-order valence-electron chi connectivity index (χ0n) is 14.7. The minimum Gasteiger partial charge on any atom is -0.368 e. The molecule has 1 aliphatic heterocycles. The number of carbonyl (C=O) groups is 1. The average molecular weight is 362 g/mol.